The molecule has 2 aromatic carbocycles. The molecule has 0 N–H and O–H groups in total. The van der Waals surface area contributed by atoms with Crippen molar-refractivity contribution >= 4 is 50.1 Å². The number of hydrogen-bond acceptors (Lipinski definition) is 6. The summed E-state index contributed by atoms with van der Waals surface area (Å²) < 4.78 is 3.14. The molecule has 8 heteroatoms. The molecule has 1 aliphatic heterocycles. The van der Waals surface area contributed by atoms with Gasteiger partial charge in [0.05, 0.1) is 15.5 Å². The van der Waals surface area contributed by atoms with Crippen molar-refractivity contribution in [1.29, 1.82) is 0 Å². The van der Waals surface area contributed by atoms with Gasteiger partial charge in [-0.3, -0.25) is 18.9 Å². The third kappa shape index (κ3) is 3.32. The van der Waals surface area contributed by atoms with E-state index in [1.54, 1.807) is 23.5 Å². The first-order valence-electron chi connectivity index (χ1n) is 9.52. The van der Waals surface area contributed by atoms with Crippen molar-refractivity contribution in [2.75, 3.05) is 6.54 Å². The highest BCUT2D eigenvalue weighted by molar-refractivity contribution is 8.00. The molecule has 6 nitrogen and oxygen atoms in total. The van der Waals surface area contributed by atoms with Gasteiger partial charge in [-0.25, -0.2) is 0 Å². The molecule has 0 aliphatic carbocycles. The Bertz CT molecular complexity index is 1200. The van der Waals surface area contributed by atoms with Gasteiger partial charge >= 0.3 is 0 Å². The number of imide groups is 1. The first kappa shape index (κ1) is 18.3. The van der Waals surface area contributed by atoms with E-state index >= 15 is 0 Å². The van der Waals surface area contributed by atoms with Gasteiger partial charge in [-0.1, -0.05) is 59.9 Å². The second-order valence-corrected chi connectivity index (χ2v) is 9.11. The number of benzene rings is 2. The Kier molecular flexibility index (Phi) is 4.81. The minimum Gasteiger partial charge on any atom is -0.278 e. The van der Waals surface area contributed by atoms with Crippen LogP contribution in [-0.2, 0) is 4.79 Å². The quantitative estimate of drug-likeness (QED) is 0.462. The Balaban J connectivity index is 1.45. The summed E-state index contributed by atoms with van der Waals surface area (Å²) in [5.74, 6) is -0.367. The fourth-order valence-corrected chi connectivity index (χ4v) is 5.78. The number of likely N-dealkylation sites (tertiary alicyclic amines) is 1. The van der Waals surface area contributed by atoms with Crippen molar-refractivity contribution in [3.63, 3.8) is 0 Å². The van der Waals surface area contributed by atoms with Crippen molar-refractivity contribution in [3.8, 4) is 0 Å². The Morgan fingerprint density at radius 2 is 1.83 bits per heavy atom. The predicted molar refractivity (Wildman–Crippen MR) is 114 cm³/mol. The number of thioether (sulfide) groups is 1. The molecule has 0 spiro atoms. The van der Waals surface area contributed by atoms with Crippen LogP contribution in [-0.4, -0.2) is 43.1 Å². The van der Waals surface area contributed by atoms with Crippen LogP contribution in [0.1, 0.15) is 29.6 Å². The molecule has 29 heavy (non-hydrogen) atoms. The molecule has 0 saturated carbocycles. The summed E-state index contributed by atoms with van der Waals surface area (Å²) in [7, 11) is 0. The van der Waals surface area contributed by atoms with Crippen molar-refractivity contribution in [1.82, 2.24) is 19.5 Å². The third-order valence-corrected chi connectivity index (χ3v) is 7.27. The molecule has 1 saturated heterocycles. The lowest BCUT2D eigenvalue weighted by Crippen LogP contribution is -2.41. The number of rotatable bonds is 3. The maximum atomic E-state index is 13.3. The molecule has 2 aromatic heterocycles. The fraction of sp³-hybridized carbons (Fsp3) is 0.238. The average Bonchev–Trinajstić information content (AvgIpc) is 3.26. The van der Waals surface area contributed by atoms with Crippen LogP contribution in [0.5, 0.6) is 0 Å². The van der Waals surface area contributed by atoms with E-state index in [1.807, 2.05) is 40.8 Å². The Morgan fingerprint density at radius 3 is 2.69 bits per heavy atom. The molecule has 1 unspecified atom stereocenters. The SMILES string of the molecule is O=C(c1ccccc1)N1CCCCC(Sc2nnc3sc4ccccc4n23)C1=O. The lowest BCUT2D eigenvalue weighted by Gasteiger charge is -2.22. The molecule has 1 fully saturated rings. The zero-order valence-corrected chi connectivity index (χ0v) is 17.2. The number of amides is 2. The minimum absolute atomic E-state index is 0.141. The van der Waals surface area contributed by atoms with Gasteiger partial charge in [0.25, 0.3) is 5.91 Å². The van der Waals surface area contributed by atoms with Gasteiger partial charge in [-0.2, -0.15) is 0 Å². The zero-order valence-electron chi connectivity index (χ0n) is 15.5. The zero-order chi connectivity index (χ0) is 19.8. The smallest absolute Gasteiger partial charge is 0.260 e. The molecule has 146 valence electrons. The summed E-state index contributed by atoms with van der Waals surface area (Å²) >= 11 is 2.99. The van der Waals surface area contributed by atoms with Crippen LogP contribution in [0.25, 0.3) is 15.2 Å². The summed E-state index contributed by atoms with van der Waals surface area (Å²) in [5.41, 5.74) is 1.58. The largest absolute Gasteiger partial charge is 0.278 e. The van der Waals surface area contributed by atoms with Crippen LogP contribution in [0, 0.1) is 0 Å². The summed E-state index contributed by atoms with van der Waals surface area (Å²) in [6, 6.07) is 17.1. The number of para-hydroxylation sites is 1. The van der Waals surface area contributed by atoms with Crippen LogP contribution in [0.4, 0.5) is 0 Å². The van der Waals surface area contributed by atoms with Crippen molar-refractivity contribution in [2.24, 2.45) is 0 Å². The highest BCUT2D eigenvalue weighted by Crippen LogP contribution is 2.34. The number of aromatic nitrogens is 3. The Morgan fingerprint density at radius 1 is 1.03 bits per heavy atom. The minimum atomic E-state index is -0.351. The maximum absolute atomic E-state index is 13.3. The Labute approximate surface area is 175 Å². The van der Waals surface area contributed by atoms with Crippen LogP contribution < -0.4 is 0 Å². The number of hydrogen-bond donors (Lipinski definition) is 0. The first-order valence-corrected chi connectivity index (χ1v) is 11.2. The standard InChI is InChI=1S/C21H18N4O2S2/c26-18(14-8-2-1-3-9-14)24-13-7-6-12-17(19(24)27)29-21-23-22-20-25(21)15-10-4-5-11-16(15)28-20/h1-5,8-11,17H,6-7,12-13H2. The number of thiazole rings is 1. The van der Waals surface area contributed by atoms with E-state index in [4.69, 9.17) is 0 Å². The predicted octanol–water partition coefficient (Wildman–Crippen LogP) is 4.26. The highest BCUT2D eigenvalue weighted by Gasteiger charge is 2.33. The molecule has 2 amide bonds. The average molecular weight is 423 g/mol. The van der Waals surface area contributed by atoms with Gasteiger partial charge in [0, 0.05) is 12.1 Å². The maximum Gasteiger partial charge on any atom is 0.260 e. The normalized spacial score (nSPS) is 17.7. The van der Waals surface area contributed by atoms with E-state index in [-0.39, 0.29) is 17.1 Å². The van der Waals surface area contributed by atoms with Gasteiger partial charge in [0.1, 0.15) is 0 Å². The van der Waals surface area contributed by atoms with Gasteiger partial charge in [0.15, 0.2) is 5.16 Å². The molecule has 1 aliphatic rings. The van der Waals surface area contributed by atoms with Gasteiger partial charge in [-0.15, -0.1) is 10.2 Å². The van der Waals surface area contributed by atoms with E-state index in [1.165, 1.54) is 16.7 Å². The molecule has 1 atom stereocenters. The third-order valence-electron chi connectivity index (χ3n) is 5.06. The molecular weight excluding hydrogens is 404 g/mol. The van der Waals surface area contributed by atoms with E-state index in [2.05, 4.69) is 16.3 Å². The monoisotopic (exact) mass is 422 g/mol. The van der Waals surface area contributed by atoms with E-state index in [9.17, 15) is 9.59 Å². The number of fused-ring (bicyclic) bond motifs is 3. The number of carbonyl (C=O) groups is 2. The van der Waals surface area contributed by atoms with Crippen molar-refractivity contribution < 1.29 is 9.59 Å². The first-order chi connectivity index (χ1) is 14.2. The summed E-state index contributed by atoms with van der Waals surface area (Å²) in [5, 5.41) is 8.96. The van der Waals surface area contributed by atoms with E-state index < -0.39 is 0 Å². The van der Waals surface area contributed by atoms with Gasteiger partial charge < -0.3 is 0 Å². The topological polar surface area (TPSA) is 67.6 Å². The van der Waals surface area contributed by atoms with Gasteiger partial charge in [0.2, 0.25) is 10.9 Å². The molecule has 5 rings (SSSR count). The van der Waals surface area contributed by atoms with Gasteiger partial charge in [-0.05, 0) is 37.1 Å². The van der Waals surface area contributed by atoms with E-state index in [0.717, 1.165) is 34.4 Å². The lowest BCUT2D eigenvalue weighted by atomic mass is 10.2. The Hall–Kier alpha value is -2.71. The summed E-state index contributed by atoms with van der Waals surface area (Å²) in [6.45, 7) is 0.459. The van der Waals surface area contributed by atoms with Crippen LogP contribution in [0.3, 0.4) is 0 Å². The highest BCUT2D eigenvalue weighted by atomic mass is 32.2. The van der Waals surface area contributed by atoms with Crippen LogP contribution >= 0.6 is 23.1 Å². The number of nitrogens with zero attached hydrogens (tertiary/aromatic N) is 4. The summed E-state index contributed by atoms with van der Waals surface area (Å²) in [4.78, 5) is 28.4. The molecule has 0 bridgehead atoms. The molecule has 4 aromatic rings. The van der Waals surface area contributed by atoms with Crippen LogP contribution in [0.2, 0.25) is 0 Å². The fourth-order valence-electron chi connectivity index (χ4n) is 3.61. The van der Waals surface area contributed by atoms with Crippen molar-refractivity contribution in [3.05, 3.63) is 60.2 Å². The summed E-state index contributed by atoms with van der Waals surface area (Å²) in [6.07, 6.45) is 2.44. The molecular formula is C21H18N4O2S2. The van der Waals surface area contributed by atoms with E-state index in [0.29, 0.717) is 17.3 Å². The second-order valence-electron chi connectivity index (χ2n) is 6.93. The lowest BCUT2D eigenvalue weighted by molar-refractivity contribution is -0.127. The van der Waals surface area contributed by atoms with Crippen molar-refractivity contribution in [2.45, 2.75) is 29.7 Å². The molecule has 0 radical (unpaired) electrons. The number of carbonyl (C=O) groups excluding carboxylic acids is 2. The molecule has 3 heterocycles. The van der Waals surface area contributed by atoms with Crippen LogP contribution in [0.15, 0.2) is 59.8 Å². The second kappa shape index (κ2) is 7.61.